The van der Waals surface area contributed by atoms with Crippen molar-refractivity contribution in [2.45, 2.75) is 0 Å². The highest BCUT2D eigenvalue weighted by atomic mass is 35.5. The zero-order chi connectivity index (χ0) is 17.0. The molecule has 25 heavy (non-hydrogen) atoms. The first kappa shape index (κ1) is 21.5. The summed E-state index contributed by atoms with van der Waals surface area (Å²) in [7, 11) is 3.44. The Kier molecular flexibility index (Phi) is 10.9. The maximum atomic E-state index is 5.94. The van der Waals surface area contributed by atoms with Gasteiger partial charge in [-0.15, -0.1) is 12.4 Å². The molecule has 0 heterocycles. The Morgan fingerprint density at radius 3 is 1.96 bits per heavy atom. The van der Waals surface area contributed by atoms with Gasteiger partial charge in [-0.25, -0.2) is 0 Å². The monoisotopic (exact) mass is 365 g/mol. The first-order chi connectivity index (χ1) is 11.8. The minimum atomic E-state index is 0. The Balaban J connectivity index is 0.00000312. The molecular weight excluding hydrogens is 338 g/mol. The number of nitrogens with zero attached hydrogens (tertiary/aromatic N) is 1. The molecule has 0 fully saturated rings. The van der Waals surface area contributed by atoms with E-state index in [1.54, 1.807) is 14.2 Å². The molecule has 0 aliphatic heterocycles. The Morgan fingerprint density at radius 1 is 0.720 bits per heavy atom. The normalized spacial score (nSPS) is 10.5. The van der Waals surface area contributed by atoms with Crippen molar-refractivity contribution in [3.63, 3.8) is 0 Å². The van der Waals surface area contributed by atoms with E-state index in [0.717, 1.165) is 25.4 Å². The van der Waals surface area contributed by atoms with Gasteiger partial charge in [-0.2, -0.15) is 0 Å². The van der Waals surface area contributed by atoms with Crippen LogP contribution in [0.3, 0.4) is 0 Å². The number of hydrogen-bond donors (Lipinski definition) is 0. The Hall–Kier alpha value is -1.59. The molecule has 0 unspecified atom stereocenters. The van der Waals surface area contributed by atoms with Gasteiger partial charge in [0.1, 0.15) is 12.4 Å². The van der Waals surface area contributed by atoms with Crippen LogP contribution in [0.25, 0.3) is 11.1 Å². The second-order valence-corrected chi connectivity index (χ2v) is 5.57. The minimum Gasteiger partial charge on any atom is -0.492 e. The van der Waals surface area contributed by atoms with E-state index in [-0.39, 0.29) is 12.4 Å². The van der Waals surface area contributed by atoms with Crippen molar-refractivity contribution in [1.82, 2.24) is 4.90 Å². The van der Waals surface area contributed by atoms with Crippen molar-refractivity contribution in [1.29, 1.82) is 0 Å². The molecule has 0 radical (unpaired) electrons. The number of benzene rings is 2. The fourth-order valence-electron chi connectivity index (χ4n) is 2.46. The van der Waals surface area contributed by atoms with Crippen LogP contribution in [0.15, 0.2) is 54.6 Å². The van der Waals surface area contributed by atoms with E-state index in [1.165, 1.54) is 11.1 Å². The molecule has 0 spiro atoms. The molecule has 0 aliphatic rings. The topological polar surface area (TPSA) is 30.9 Å². The van der Waals surface area contributed by atoms with Crippen LogP contribution in [0.5, 0.6) is 5.75 Å². The summed E-state index contributed by atoms with van der Waals surface area (Å²) in [6, 6.07) is 18.6. The largest absolute Gasteiger partial charge is 0.492 e. The number of rotatable bonds is 11. The van der Waals surface area contributed by atoms with Crippen LogP contribution in [-0.4, -0.2) is 58.6 Å². The summed E-state index contributed by atoms with van der Waals surface area (Å²) in [5.41, 5.74) is 2.37. The van der Waals surface area contributed by atoms with E-state index in [9.17, 15) is 0 Å². The highest BCUT2D eigenvalue weighted by molar-refractivity contribution is 5.85. The Morgan fingerprint density at radius 2 is 1.32 bits per heavy atom. The molecule has 0 bridgehead atoms. The van der Waals surface area contributed by atoms with E-state index < -0.39 is 0 Å². The molecule has 5 heteroatoms. The average Bonchev–Trinajstić information content (AvgIpc) is 2.64. The van der Waals surface area contributed by atoms with E-state index in [0.29, 0.717) is 19.8 Å². The van der Waals surface area contributed by atoms with Gasteiger partial charge in [0.2, 0.25) is 0 Å². The summed E-state index contributed by atoms with van der Waals surface area (Å²) in [6.07, 6.45) is 0. The maximum absolute atomic E-state index is 5.94. The van der Waals surface area contributed by atoms with Crippen LogP contribution in [0.1, 0.15) is 0 Å². The van der Waals surface area contributed by atoms with Crippen molar-refractivity contribution >= 4 is 12.4 Å². The highest BCUT2D eigenvalue weighted by Crippen LogP contribution is 2.23. The lowest BCUT2D eigenvalue weighted by Crippen LogP contribution is -2.34. The van der Waals surface area contributed by atoms with Gasteiger partial charge in [0, 0.05) is 33.9 Å². The predicted molar refractivity (Wildman–Crippen MR) is 105 cm³/mol. The van der Waals surface area contributed by atoms with E-state index in [2.05, 4.69) is 29.2 Å². The van der Waals surface area contributed by atoms with Crippen molar-refractivity contribution < 1.29 is 14.2 Å². The van der Waals surface area contributed by atoms with Crippen molar-refractivity contribution in [2.24, 2.45) is 0 Å². The molecule has 0 aromatic heterocycles. The number of methoxy groups -OCH3 is 2. The van der Waals surface area contributed by atoms with Crippen LogP contribution >= 0.6 is 12.4 Å². The summed E-state index contributed by atoms with van der Waals surface area (Å²) in [6.45, 7) is 4.69. The van der Waals surface area contributed by atoms with Gasteiger partial charge in [-0.1, -0.05) is 42.5 Å². The van der Waals surface area contributed by atoms with E-state index in [4.69, 9.17) is 14.2 Å². The second kappa shape index (κ2) is 12.7. The molecule has 0 saturated heterocycles. The second-order valence-electron chi connectivity index (χ2n) is 5.57. The molecular formula is C20H28ClNO3. The fourth-order valence-corrected chi connectivity index (χ4v) is 2.46. The third-order valence-corrected chi connectivity index (χ3v) is 3.84. The quantitative estimate of drug-likeness (QED) is 0.607. The molecule has 2 aromatic rings. The van der Waals surface area contributed by atoms with Gasteiger partial charge >= 0.3 is 0 Å². The van der Waals surface area contributed by atoms with Crippen LogP contribution in [0, 0.1) is 0 Å². The van der Waals surface area contributed by atoms with Gasteiger partial charge < -0.3 is 14.2 Å². The zero-order valence-corrected chi connectivity index (χ0v) is 15.8. The van der Waals surface area contributed by atoms with Crippen LogP contribution in [0.4, 0.5) is 0 Å². The summed E-state index contributed by atoms with van der Waals surface area (Å²) in [5.74, 6) is 0.898. The van der Waals surface area contributed by atoms with Gasteiger partial charge in [0.15, 0.2) is 0 Å². The van der Waals surface area contributed by atoms with Gasteiger partial charge in [-0.05, 0) is 23.3 Å². The van der Waals surface area contributed by atoms with Crippen LogP contribution in [-0.2, 0) is 9.47 Å². The lowest BCUT2D eigenvalue weighted by atomic mass is 10.1. The lowest BCUT2D eigenvalue weighted by Gasteiger charge is -2.21. The third kappa shape index (κ3) is 7.88. The SMILES string of the molecule is COCCN(CCOC)CCOc1cccc(-c2ccccc2)c1.Cl. The minimum absolute atomic E-state index is 0. The van der Waals surface area contributed by atoms with Crippen LogP contribution < -0.4 is 4.74 Å². The molecule has 0 saturated carbocycles. The molecule has 2 aromatic carbocycles. The Labute approximate surface area is 157 Å². The van der Waals surface area contributed by atoms with Crippen molar-refractivity contribution in [3.05, 3.63) is 54.6 Å². The molecule has 0 aliphatic carbocycles. The van der Waals surface area contributed by atoms with Gasteiger partial charge in [0.25, 0.3) is 0 Å². The van der Waals surface area contributed by atoms with Gasteiger partial charge in [0.05, 0.1) is 13.2 Å². The first-order valence-corrected chi connectivity index (χ1v) is 8.32. The summed E-state index contributed by atoms with van der Waals surface area (Å²) >= 11 is 0. The predicted octanol–water partition coefficient (Wildman–Crippen LogP) is 3.75. The maximum Gasteiger partial charge on any atom is 0.119 e. The summed E-state index contributed by atoms with van der Waals surface area (Å²) < 4.78 is 16.3. The molecule has 138 valence electrons. The zero-order valence-electron chi connectivity index (χ0n) is 15.0. The molecule has 0 amide bonds. The number of ether oxygens (including phenoxy) is 3. The number of hydrogen-bond acceptors (Lipinski definition) is 4. The van der Waals surface area contributed by atoms with Crippen molar-refractivity contribution in [3.8, 4) is 16.9 Å². The highest BCUT2D eigenvalue weighted by Gasteiger charge is 2.05. The molecule has 2 rings (SSSR count). The molecule has 0 atom stereocenters. The van der Waals surface area contributed by atoms with Crippen molar-refractivity contribution in [2.75, 3.05) is 53.7 Å². The van der Waals surface area contributed by atoms with Gasteiger partial charge in [-0.3, -0.25) is 4.90 Å². The first-order valence-electron chi connectivity index (χ1n) is 8.32. The van der Waals surface area contributed by atoms with Crippen LogP contribution in [0.2, 0.25) is 0 Å². The smallest absolute Gasteiger partial charge is 0.119 e. The van der Waals surface area contributed by atoms with E-state index in [1.807, 2.05) is 30.3 Å². The third-order valence-electron chi connectivity index (χ3n) is 3.84. The number of halogens is 1. The van der Waals surface area contributed by atoms with E-state index >= 15 is 0 Å². The fraction of sp³-hybridized carbons (Fsp3) is 0.400. The standard InChI is InChI=1S/C20H27NO3.ClH/c1-22-14-11-21(12-15-23-2)13-16-24-20-10-6-9-19(17-20)18-7-4-3-5-8-18;/h3-10,17H,11-16H2,1-2H3;1H. The summed E-state index contributed by atoms with van der Waals surface area (Å²) in [5, 5.41) is 0. The molecule has 4 nitrogen and oxygen atoms in total. The lowest BCUT2D eigenvalue weighted by molar-refractivity contribution is 0.104. The Bertz CT molecular complexity index is 572. The summed E-state index contributed by atoms with van der Waals surface area (Å²) in [4.78, 5) is 2.29. The molecule has 0 N–H and O–H groups in total. The average molecular weight is 366 g/mol.